The molecule has 1 rings (SSSR count). The number of hydrogen-bond donors (Lipinski definition) is 0. The first-order chi connectivity index (χ1) is 6.93. The fourth-order valence-electron chi connectivity index (χ4n) is 2.11. The maximum Gasteiger partial charge on any atom is 0.157 e. The molecule has 1 unspecified atom stereocenters. The smallest absolute Gasteiger partial charge is 0.157 e. The molecule has 0 spiro atoms. The Labute approximate surface area is 92.2 Å². The Morgan fingerprint density at radius 1 is 1.13 bits per heavy atom. The average molecular weight is 232 g/mol. The summed E-state index contributed by atoms with van der Waals surface area (Å²) in [5.74, 6) is -0.0865. The number of sulfone groups is 1. The standard InChI is InChI=1S/C11H20O3S/c1-9(15(2,13)14)11(12)10-7-5-3-4-6-8-10/h9-10H,3-8H2,1-2H3. The van der Waals surface area contributed by atoms with Gasteiger partial charge in [0, 0.05) is 12.2 Å². The first-order valence-electron chi connectivity index (χ1n) is 5.65. The second-order valence-electron chi connectivity index (χ2n) is 4.56. The van der Waals surface area contributed by atoms with Gasteiger partial charge in [0.05, 0.1) is 0 Å². The van der Waals surface area contributed by atoms with E-state index in [0.717, 1.165) is 31.9 Å². The van der Waals surface area contributed by atoms with Crippen LogP contribution in [0.4, 0.5) is 0 Å². The highest BCUT2D eigenvalue weighted by atomic mass is 32.2. The molecule has 0 N–H and O–H groups in total. The monoisotopic (exact) mass is 232 g/mol. The molecule has 0 aliphatic heterocycles. The lowest BCUT2D eigenvalue weighted by Gasteiger charge is -2.16. The molecule has 0 amide bonds. The van der Waals surface area contributed by atoms with Crippen molar-refractivity contribution in [3.05, 3.63) is 0 Å². The Hall–Kier alpha value is -0.380. The summed E-state index contributed by atoms with van der Waals surface area (Å²) in [7, 11) is -3.21. The topological polar surface area (TPSA) is 51.2 Å². The zero-order valence-corrected chi connectivity index (χ0v) is 10.3. The third-order valence-electron chi connectivity index (χ3n) is 3.30. The molecule has 1 saturated carbocycles. The van der Waals surface area contributed by atoms with Gasteiger partial charge in [-0.05, 0) is 19.8 Å². The molecule has 0 aromatic heterocycles. The molecule has 88 valence electrons. The molecule has 15 heavy (non-hydrogen) atoms. The molecule has 1 atom stereocenters. The van der Waals surface area contributed by atoms with Crippen molar-refractivity contribution in [1.29, 1.82) is 0 Å². The van der Waals surface area contributed by atoms with Gasteiger partial charge in [0.15, 0.2) is 15.6 Å². The maximum atomic E-state index is 11.9. The lowest BCUT2D eigenvalue weighted by atomic mass is 9.94. The van der Waals surface area contributed by atoms with Crippen molar-refractivity contribution in [3.63, 3.8) is 0 Å². The predicted molar refractivity (Wildman–Crippen MR) is 60.5 cm³/mol. The first kappa shape index (κ1) is 12.7. The van der Waals surface area contributed by atoms with E-state index < -0.39 is 15.1 Å². The molecule has 1 aliphatic rings. The van der Waals surface area contributed by atoms with Crippen LogP contribution in [0.1, 0.15) is 45.4 Å². The summed E-state index contributed by atoms with van der Waals surface area (Å²) >= 11 is 0. The number of carbonyl (C=O) groups is 1. The first-order valence-corrected chi connectivity index (χ1v) is 7.61. The van der Waals surface area contributed by atoms with Gasteiger partial charge in [-0.1, -0.05) is 25.7 Å². The van der Waals surface area contributed by atoms with E-state index in [9.17, 15) is 13.2 Å². The zero-order valence-electron chi connectivity index (χ0n) is 9.53. The normalized spacial score (nSPS) is 22.0. The van der Waals surface area contributed by atoms with Gasteiger partial charge in [-0.25, -0.2) is 8.42 Å². The summed E-state index contributed by atoms with van der Waals surface area (Å²) in [5, 5.41) is -0.819. The van der Waals surface area contributed by atoms with E-state index in [-0.39, 0.29) is 11.7 Å². The largest absolute Gasteiger partial charge is 0.298 e. The Bertz CT molecular complexity index is 311. The molecular weight excluding hydrogens is 212 g/mol. The number of carbonyl (C=O) groups excluding carboxylic acids is 1. The van der Waals surface area contributed by atoms with Crippen molar-refractivity contribution < 1.29 is 13.2 Å². The molecule has 1 aliphatic carbocycles. The summed E-state index contributed by atoms with van der Waals surface area (Å²) in [6.07, 6.45) is 7.37. The number of Topliss-reactive ketones (excluding diaryl/α,β-unsaturated/α-hetero) is 1. The third kappa shape index (κ3) is 3.59. The fraction of sp³-hybridized carbons (Fsp3) is 0.909. The fourth-order valence-corrected chi connectivity index (χ4v) is 2.72. The quantitative estimate of drug-likeness (QED) is 0.699. The number of rotatable bonds is 3. The summed E-state index contributed by atoms with van der Waals surface area (Å²) in [5.41, 5.74) is 0. The van der Waals surface area contributed by atoms with E-state index >= 15 is 0 Å². The van der Waals surface area contributed by atoms with Crippen LogP contribution in [0.2, 0.25) is 0 Å². The highest BCUT2D eigenvalue weighted by Crippen LogP contribution is 2.25. The lowest BCUT2D eigenvalue weighted by Crippen LogP contribution is -2.31. The number of hydrogen-bond acceptors (Lipinski definition) is 3. The van der Waals surface area contributed by atoms with Crippen molar-refractivity contribution in [3.8, 4) is 0 Å². The summed E-state index contributed by atoms with van der Waals surface area (Å²) in [6.45, 7) is 1.52. The van der Waals surface area contributed by atoms with Gasteiger partial charge >= 0.3 is 0 Å². The highest BCUT2D eigenvalue weighted by Gasteiger charge is 2.30. The van der Waals surface area contributed by atoms with Crippen LogP contribution in [0.15, 0.2) is 0 Å². The van der Waals surface area contributed by atoms with Crippen molar-refractivity contribution in [1.82, 2.24) is 0 Å². The molecule has 4 heteroatoms. The van der Waals surface area contributed by atoms with Crippen LogP contribution in [-0.2, 0) is 14.6 Å². The molecule has 0 aromatic rings. The lowest BCUT2D eigenvalue weighted by molar-refractivity contribution is -0.122. The van der Waals surface area contributed by atoms with Gasteiger partial charge in [0.2, 0.25) is 0 Å². The summed E-state index contributed by atoms with van der Waals surface area (Å²) < 4.78 is 22.6. The summed E-state index contributed by atoms with van der Waals surface area (Å²) in [6, 6.07) is 0. The molecule has 3 nitrogen and oxygen atoms in total. The Morgan fingerprint density at radius 2 is 1.60 bits per heavy atom. The average Bonchev–Trinajstić information content (AvgIpc) is 2.42. The molecule has 0 bridgehead atoms. The Balaban J connectivity index is 2.66. The highest BCUT2D eigenvalue weighted by molar-refractivity contribution is 7.92. The van der Waals surface area contributed by atoms with Crippen molar-refractivity contribution in [2.75, 3.05) is 6.26 Å². The molecule has 0 radical (unpaired) electrons. The Kier molecular flexibility index (Phi) is 4.32. The van der Waals surface area contributed by atoms with E-state index in [2.05, 4.69) is 0 Å². The van der Waals surface area contributed by atoms with Gasteiger partial charge in [-0.2, -0.15) is 0 Å². The Morgan fingerprint density at radius 3 is 2.00 bits per heavy atom. The van der Waals surface area contributed by atoms with Crippen LogP contribution in [0, 0.1) is 5.92 Å². The SMILES string of the molecule is CC(C(=O)C1CCCCCC1)S(C)(=O)=O. The molecule has 0 heterocycles. The van der Waals surface area contributed by atoms with E-state index in [1.165, 1.54) is 19.8 Å². The van der Waals surface area contributed by atoms with Crippen LogP contribution in [-0.4, -0.2) is 25.7 Å². The predicted octanol–water partition coefficient (Wildman–Crippen LogP) is 1.96. The number of ketones is 1. The van der Waals surface area contributed by atoms with Crippen LogP contribution in [0.3, 0.4) is 0 Å². The third-order valence-corrected chi connectivity index (χ3v) is 4.82. The molecular formula is C11H20O3S. The van der Waals surface area contributed by atoms with Crippen molar-refractivity contribution in [2.45, 2.75) is 50.7 Å². The second kappa shape index (κ2) is 5.10. The minimum absolute atomic E-state index is 0.0165. The minimum atomic E-state index is -3.21. The van der Waals surface area contributed by atoms with E-state index in [4.69, 9.17) is 0 Å². The molecule has 0 saturated heterocycles. The van der Waals surface area contributed by atoms with Crippen molar-refractivity contribution >= 4 is 15.6 Å². The molecule has 0 aromatic carbocycles. The second-order valence-corrected chi connectivity index (χ2v) is 6.93. The van der Waals surface area contributed by atoms with Gasteiger partial charge in [0.1, 0.15) is 5.25 Å². The van der Waals surface area contributed by atoms with Crippen LogP contribution in [0.5, 0.6) is 0 Å². The van der Waals surface area contributed by atoms with Gasteiger partial charge in [-0.3, -0.25) is 4.79 Å². The van der Waals surface area contributed by atoms with Crippen LogP contribution >= 0.6 is 0 Å². The van der Waals surface area contributed by atoms with Gasteiger partial charge in [-0.15, -0.1) is 0 Å². The van der Waals surface area contributed by atoms with Crippen LogP contribution in [0.25, 0.3) is 0 Å². The summed E-state index contributed by atoms with van der Waals surface area (Å²) in [4.78, 5) is 11.9. The maximum absolute atomic E-state index is 11.9. The van der Waals surface area contributed by atoms with E-state index in [1.54, 1.807) is 0 Å². The van der Waals surface area contributed by atoms with E-state index in [0.29, 0.717) is 0 Å². The van der Waals surface area contributed by atoms with Crippen molar-refractivity contribution in [2.24, 2.45) is 5.92 Å². The van der Waals surface area contributed by atoms with E-state index in [1.807, 2.05) is 0 Å². The van der Waals surface area contributed by atoms with Gasteiger partial charge < -0.3 is 0 Å². The zero-order chi connectivity index (χ0) is 11.5. The van der Waals surface area contributed by atoms with Gasteiger partial charge in [0.25, 0.3) is 0 Å². The molecule has 1 fully saturated rings. The minimum Gasteiger partial charge on any atom is -0.298 e. The van der Waals surface area contributed by atoms with Crippen LogP contribution < -0.4 is 0 Å².